The van der Waals surface area contributed by atoms with E-state index in [-0.39, 0.29) is 5.91 Å². The Morgan fingerprint density at radius 3 is 2.92 bits per heavy atom. The zero-order chi connectivity index (χ0) is 17.4. The number of nitrogens with zero attached hydrogens (tertiary/aromatic N) is 4. The Kier molecular flexibility index (Phi) is 3.77. The van der Waals surface area contributed by atoms with Crippen molar-refractivity contribution in [3.63, 3.8) is 0 Å². The van der Waals surface area contributed by atoms with Gasteiger partial charge in [0, 0.05) is 47.5 Å². The highest BCUT2D eigenvalue weighted by molar-refractivity contribution is 7.13. The largest absolute Gasteiger partial charge is 0.306 e. The van der Waals surface area contributed by atoms with Crippen molar-refractivity contribution in [3.8, 4) is 11.1 Å². The third kappa shape index (κ3) is 2.89. The van der Waals surface area contributed by atoms with Crippen molar-refractivity contribution in [1.29, 1.82) is 0 Å². The summed E-state index contributed by atoms with van der Waals surface area (Å²) in [6.45, 7) is 3.91. The summed E-state index contributed by atoms with van der Waals surface area (Å²) in [5.41, 5.74) is 4.98. The first-order valence-electron chi connectivity index (χ1n) is 7.73. The SMILES string of the molecule is Cc1csc(NC(=O)c2cc(-c3cnccc3C)cn3ccnc23)n1. The molecular formula is C18H15N5OS. The summed E-state index contributed by atoms with van der Waals surface area (Å²) in [6.07, 6.45) is 9.03. The number of aromatic nitrogens is 4. The molecule has 0 saturated carbocycles. The average Bonchev–Trinajstić information content (AvgIpc) is 3.23. The standard InChI is InChI=1S/C18H15N5OS/c1-11-3-4-19-8-15(11)13-7-14(16-20-5-6-23(16)9-13)17(24)22-18-21-12(2)10-25-18/h3-10H,1-2H3,(H,21,22,24). The zero-order valence-corrected chi connectivity index (χ0v) is 14.5. The number of aryl methyl sites for hydroxylation is 2. The highest BCUT2D eigenvalue weighted by Crippen LogP contribution is 2.26. The van der Waals surface area contributed by atoms with Crippen LogP contribution in [0.4, 0.5) is 5.13 Å². The van der Waals surface area contributed by atoms with E-state index in [1.54, 1.807) is 18.6 Å². The van der Waals surface area contributed by atoms with Gasteiger partial charge in [0.05, 0.1) is 11.3 Å². The predicted molar refractivity (Wildman–Crippen MR) is 98.0 cm³/mol. The molecule has 0 fully saturated rings. The smallest absolute Gasteiger partial charge is 0.261 e. The molecule has 0 spiro atoms. The highest BCUT2D eigenvalue weighted by atomic mass is 32.1. The molecule has 6 nitrogen and oxygen atoms in total. The van der Waals surface area contributed by atoms with Crippen LogP contribution in [0.3, 0.4) is 0 Å². The number of hydrogen-bond acceptors (Lipinski definition) is 5. The van der Waals surface area contributed by atoms with Crippen LogP contribution in [-0.2, 0) is 0 Å². The molecule has 124 valence electrons. The van der Waals surface area contributed by atoms with E-state index in [9.17, 15) is 4.79 Å². The molecule has 0 aliphatic rings. The molecule has 0 bridgehead atoms. The van der Waals surface area contributed by atoms with Crippen molar-refractivity contribution in [2.75, 3.05) is 5.32 Å². The molecule has 0 unspecified atom stereocenters. The minimum Gasteiger partial charge on any atom is -0.306 e. The lowest BCUT2D eigenvalue weighted by Crippen LogP contribution is -2.13. The molecule has 0 aromatic carbocycles. The third-order valence-electron chi connectivity index (χ3n) is 3.92. The summed E-state index contributed by atoms with van der Waals surface area (Å²) in [4.78, 5) is 25.6. The second kappa shape index (κ2) is 6.10. The van der Waals surface area contributed by atoms with Gasteiger partial charge < -0.3 is 4.40 Å². The molecule has 0 saturated heterocycles. The van der Waals surface area contributed by atoms with Crippen LogP contribution in [-0.4, -0.2) is 25.3 Å². The lowest BCUT2D eigenvalue weighted by Gasteiger charge is -2.10. The number of anilines is 1. The Balaban J connectivity index is 1.81. The van der Waals surface area contributed by atoms with Gasteiger partial charge in [0.1, 0.15) is 5.65 Å². The van der Waals surface area contributed by atoms with Crippen molar-refractivity contribution >= 4 is 28.0 Å². The van der Waals surface area contributed by atoms with Crippen molar-refractivity contribution in [2.45, 2.75) is 13.8 Å². The summed E-state index contributed by atoms with van der Waals surface area (Å²) >= 11 is 1.40. The van der Waals surface area contributed by atoms with Crippen LogP contribution in [0.2, 0.25) is 0 Å². The summed E-state index contributed by atoms with van der Waals surface area (Å²) in [7, 11) is 0. The third-order valence-corrected chi connectivity index (χ3v) is 4.80. The summed E-state index contributed by atoms with van der Waals surface area (Å²) in [5, 5.41) is 5.33. The molecule has 4 heterocycles. The Hall–Kier alpha value is -3.06. The quantitative estimate of drug-likeness (QED) is 0.612. The van der Waals surface area contributed by atoms with Crippen molar-refractivity contribution in [2.24, 2.45) is 0 Å². The Morgan fingerprint density at radius 1 is 1.28 bits per heavy atom. The molecule has 0 aliphatic heterocycles. The molecule has 4 aromatic rings. The van der Waals surface area contributed by atoms with Crippen molar-refractivity contribution in [3.05, 3.63) is 65.3 Å². The molecule has 1 amide bonds. The van der Waals surface area contributed by atoms with Crippen LogP contribution in [0.5, 0.6) is 0 Å². The van der Waals surface area contributed by atoms with Crippen molar-refractivity contribution < 1.29 is 4.79 Å². The molecule has 0 atom stereocenters. The number of carbonyl (C=O) groups is 1. The molecular weight excluding hydrogens is 334 g/mol. The number of hydrogen-bond donors (Lipinski definition) is 1. The molecule has 0 radical (unpaired) electrons. The Morgan fingerprint density at radius 2 is 2.16 bits per heavy atom. The fraction of sp³-hybridized carbons (Fsp3) is 0.111. The van der Waals surface area contributed by atoms with Crippen LogP contribution in [0.1, 0.15) is 21.6 Å². The zero-order valence-electron chi connectivity index (χ0n) is 13.7. The first kappa shape index (κ1) is 15.5. The van der Waals surface area contributed by atoms with Gasteiger partial charge in [-0.1, -0.05) is 0 Å². The molecule has 4 rings (SSSR count). The van der Waals surface area contributed by atoms with Crippen LogP contribution in [0.25, 0.3) is 16.8 Å². The van der Waals surface area contributed by atoms with Gasteiger partial charge in [-0.05, 0) is 31.5 Å². The summed E-state index contributed by atoms with van der Waals surface area (Å²) in [5.74, 6) is -0.228. The molecule has 25 heavy (non-hydrogen) atoms. The number of thiazole rings is 1. The number of imidazole rings is 1. The Labute approximate surface area is 148 Å². The number of fused-ring (bicyclic) bond motifs is 1. The summed E-state index contributed by atoms with van der Waals surface area (Å²) < 4.78 is 1.85. The van der Waals surface area contributed by atoms with Crippen LogP contribution >= 0.6 is 11.3 Å². The van der Waals surface area contributed by atoms with E-state index in [1.165, 1.54) is 11.3 Å². The van der Waals surface area contributed by atoms with Gasteiger partial charge in [0.25, 0.3) is 5.91 Å². The first-order chi connectivity index (χ1) is 12.1. The van der Waals surface area contributed by atoms with Gasteiger partial charge in [-0.3, -0.25) is 15.1 Å². The topological polar surface area (TPSA) is 72.2 Å². The molecule has 0 aliphatic carbocycles. The predicted octanol–water partition coefficient (Wildman–Crippen LogP) is 3.72. The number of nitrogens with one attached hydrogen (secondary N) is 1. The maximum atomic E-state index is 12.8. The second-order valence-corrected chi connectivity index (χ2v) is 6.60. The molecule has 7 heteroatoms. The molecule has 4 aromatic heterocycles. The van der Waals surface area contributed by atoms with E-state index in [4.69, 9.17) is 0 Å². The molecule has 1 N–H and O–H groups in total. The average molecular weight is 349 g/mol. The van der Waals surface area contributed by atoms with E-state index in [0.717, 1.165) is 22.4 Å². The fourth-order valence-corrected chi connectivity index (χ4v) is 3.37. The van der Waals surface area contributed by atoms with Crippen LogP contribution < -0.4 is 5.32 Å². The number of pyridine rings is 2. The maximum Gasteiger partial charge on any atom is 0.261 e. The van der Waals surface area contributed by atoms with Crippen molar-refractivity contribution in [1.82, 2.24) is 19.4 Å². The van der Waals surface area contributed by atoms with E-state index in [1.807, 2.05) is 48.2 Å². The minimum absolute atomic E-state index is 0.228. The van der Waals surface area contributed by atoms with E-state index in [0.29, 0.717) is 16.3 Å². The minimum atomic E-state index is -0.228. The van der Waals surface area contributed by atoms with Gasteiger partial charge in [-0.25, -0.2) is 9.97 Å². The number of rotatable bonds is 3. The van der Waals surface area contributed by atoms with Gasteiger partial charge in [0.15, 0.2) is 5.13 Å². The number of carbonyl (C=O) groups excluding carboxylic acids is 1. The maximum absolute atomic E-state index is 12.8. The summed E-state index contributed by atoms with van der Waals surface area (Å²) in [6, 6.07) is 3.80. The normalized spacial score (nSPS) is 11.0. The Bertz CT molecular complexity index is 1080. The van der Waals surface area contributed by atoms with Gasteiger partial charge in [-0.15, -0.1) is 11.3 Å². The van der Waals surface area contributed by atoms with Gasteiger partial charge >= 0.3 is 0 Å². The van der Waals surface area contributed by atoms with Crippen LogP contribution in [0.15, 0.2) is 48.5 Å². The van der Waals surface area contributed by atoms with E-state index >= 15 is 0 Å². The first-order valence-corrected chi connectivity index (χ1v) is 8.61. The highest BCUT2D eigenvalue weighted by Gasteiger charge is 2.16. The van der Waals surface area contributed by atoms with E-state index in [2.05, 4.69) is 20.3 Å². The number of amides is 1. The van der Waals surface area contributed by atoms with Gasteiger partial charge in [0.2, 0.25) is 0 Å². The van der Waals surface area contributed by atoms with Crippen LogP contribution in [0, 0.1) is 13.8 Å². The van der Waals surface area contributed by atoms with Gasteiger partial charge in [-0.2, -0.15) is 0 Å². The van der Waals surface area contributed by atoms with E-state index < -0.39 is 0 Å². The lowest BCUT2D eigenvalue weighted by molar-refractivity contribution is 0.102. The fourth-order valence-electron chi connectivity index (χ4n) is 2.69. The second-order valence-electron chi connectivity index (χ2n) is 5.74. The lowest BCUT2D eigenvalue weighted by atomic mass is 10.0. The monoisotopic (exact) mass is 349 g/mol.